The van der Waals surface area contributed by atoms with Crippen LogP contribution < -0.4 is 0 Å². The number of halogens is 1. The average molecular weight is 162 g/mol. The molecule has 11 heavy (non-hydrogen) atoms. The fraction of sp³-hybridized carbons (Fsp3) is 1.00. The van der Waals surface area contributed by atoms with Crippen LogP contribution in [0.2, 0.25) is 0 Å². The van der Waals surface area contributed by atoms with Crippen molar-refractivity contribution in [3.63, 3.8) is 0 Å². The molecule has 0 bridgehead atoms. The van der Waals surface area contributed by atoms with Crippen LogP contribution >= 0.6 is 0 Å². The maximum Gasteiger partial charge on any atom is 0.0924 e. The Morgan fingerprint density at radius 2 is 1.55 bits per heavy atom. The van der Waals surface area contributed by atoms with Crippen molar-refractivity contribution in [2.45, 2.75) is 13.8 Å². The number of nitrogens with zero attached hydrogens (tertiary/aromatic N) is 1. The van der Waals surface area contributed by atoms with Crippen molar-refractivity contribution >= 4 is 0 Å². The van der Waals surface area contributed by atoms with Gasteiger partial charge in [0.1, 0.15) is 0 Å². The molecule has 0 aliphatic heterocycles. The number of hydrogen-bond donors (Lipinski definition) is 0. The van der Waals surface area contributed by atoms with Gasteiger partial charge >= 0.3 is 0 Å². The fourth-order valence-electron chi connectivity index (χ4n) is 1.20. The molecule has 0 amide bonds. The molecule has 0 saturated carbocycles. The first-order chi connectivity index (χ1) is 4.87. The van der Waals surface area contributed by atoms with Crippen LogP contribution in [0.5, 0.6) is 0 Å². The molecule has 2 heteroatoms. The predicted octanol–water partition coefficient (Wildman–Crippen LogP) is 1.93. The fourth-order valence-corrected chi connectivity index (χ4v) is 1.20. The van der Waals surface area contributed by atoms with Crippen LogP contribution in [0.4, 0.5) is 4.39 Å². The molecule has 0 fully saturated rings. The average Bonchev–Trinajstić information content (AvgIpc) is 1.82. The minimum atomic E-state index is -0.193. The van der Waals surface area contributed by atoms with Gasteiger partial charge in [0.25, 0.3) is 0 Å². The lowest BCUT2D eigenvalue weighted by molar-refractivity contribution is -0.874. The third kappa shape index (κ3) is 5.19. The lowest BCUT2D eigenvalue weighted by atomic mass is 9.96. The van der Waals surface area contributed by atoms with Crippen LogP contribution in [-0.2, 0) is 0 Å². The topological polar surface area (TPSA) is 0 Å². The normalized spacial score (nSPS) is 18.0. The SMILES string of the molecule is CC(CF)C(C)C[N+](C)(C)C. The van der Waals surface area contributed by atoms with Crippen LogP contribution in [-0.4, -0.2) is 38.8 Å². The van der Waals surface area contributed by atoms with E-state index in [9.17, 15) is 4.39 Å². The first-order valence-corrected chi connectivity index (χ1v) is 4.23. The summed E-state index contributed by atoms with van der Waals surface area (Å²) < 4.78 is 13.1. The molecule has 1 nitrogen and oxygen atoms in total. The van der Waals surface area contributed by atoms with Gasteiger partial charge in [-0.25, -0.2) is 0 Å². The number of alkyl halides is 1. The van der Waals surface area contributed by atoms with Gasteiger partial charge in [-0.05, 0) is 5.92 Å². The zero-order valence-electron chi connectivity index (χ0n) is 8.39. The molecule has 0 radical (unpaired) electrons. The second-order valence-electron chi connectivity index (χ2n) is 4.58. The van der Waals surface area contributed by atoms with Crippen molar-refractivity contribution in [3.8, 4) is 0 Å². The molecule has 2 atom stereocenters. The zero-order chi connectivity index (χ0) is 9.07. The molecule has 2 unspecified atom stereocenters. The predicted molar refractivity (Wildman–Crippen MR) is 47.2 cm³/mol. The molecule has 0 N–H and O–H groups in total. The summed E-state index contributed by atoms with van der Waals surface area (Å²) in [7, 11) is 6.42. The molecule has 0 spiro atoms. The molecule has 0 saturated heterocycles. The Labute approximate surface area is 69.8 Å². The second kappa shape index (κ2) is 4.05. The lowest BCUT2D eigenvalue weighted by Gasteiger charge is -2.29. The highest BCUT2D eigenvalue weighted by atomic mass is 19.1. The Kier molecular flexibility index (Phi) is 4.01. The van der Waals surface area contributed by atoms with E-state index in [-0.39, 0.29) is 12.6 Å². The van der Waals surface area contributed by atoms with Crippen LogP contribution in [0.15, 0.2) is 0 Å². The Morgan fingerprint density at radius 1 is 1.09 bits per heavy atom. The summed E-state index contributed by atoms with van der Waals surface area (Å²) in [5, 5.41) is 0. The first kappa shape index (κ1) is 10.9. The van der Waals surface area contributed by atoms with Gasteiger partial charge in [0.15, 0.2) is 0 Å². The van der Waals surface area contributed by atoms with Gasteiger partial charge < -0.3 is 4.48 Å². The van der Waals surface area contributed by atoms with Crippen LogP contribution in [0.1, 0.15) is 13.8 Å². The van der Waals surface area contributed by atoms with Crippen LogP contribution in [0, 0.1) is 11.8 Å². The second-order valence-corrected chi connectivity index (χ2v) is 4.58. The smallest absolute Gasteiger partial charge is 0.0924 e. The number of hydrogen-bond acceptors (Lipinski definition) is 0. The van der Waals surface area contributed by atoms with Gasteiger partial charge in [0.2, 0.25) is 0 Å². The van der Waals surface area contributed by atoms with Crippen molar-refractivity contribution in [1.82, 2.24) is 0 Å². The summed E-state index contributed by atoms with van der Waals surface area (Å²) in [6, 6.07) is 0. The summed E-state index contributed by atoms with van der Waals surface area (Å²) in [4.78, 5) is 0. The monoisotopic (exact) mass is 162 g/mol. The van der Waals surface area contributed by atoms with Crippen molar-refractivity contribution in [2.24, 2.45) is 11.8 Å². The van der Waals surface area contributed by atoms with E-state index in [1.54, 1.807) is 0 Å². The highest BCUT2D eigenvalue weighted by molar-refractivity contribution is 4.59. The molecular weight excluding hydrogens is 141 g/mol. The standard InChI is InChI=1S/C9H21FN/c1-8(6-10)9(2)7-11(3,4)5/h8-9H,6-7H2,1-5H3/q+1. The maximum atomic E-state index is 12.2. The quantitative estimate of drug-likeness (QED) is 0.554. The van der Waals surface area contributed by atoms with Gasteiger partial charge in [-0.1, -0.05) is 13.8 Å². The maximum absolute atomic E-state index is 12.2. The van der Waals surface area contributed by atoms with Gasteiger partial charge in [-0.15, -0.1) is 0 Å². The number of quaternary nitrogens is 1. The summed E-state index contributed by atoms with van der Waals surface area (Å²) >= 11 is 0. The largest absolute Gasteiger partial charge is 0.331 e. The van der Waals surface area contributed by atoms with Gasteiger partial charge in [0, 0.05) is 5.92 Å². The van der Waals surface area contributed by atoms with Gasteiger partial charge in [-0.2, -0.15) is 0 Å². The minimum Gasteiger partial charge on any atom is -0.331 e. The van der Waals surface area contributed by atoms with Crippen LogP contribution in [0.25, 0.3) is 0 Å². The third-order valence-electron chi connectivity index (χ3n) is 2.05. The molecule has 0 rings (SSSR count). The Morgan fingerprint density at radius 3 is 1.82 bits per heavy atom. The summed E-state index contributed by atoms with van der Waals surface area (Å²) in [5.74, 6) is 0.673. The summed E-state index contributed by atoms with van der Waals surface area (Å²) in [5.41, 5.74) is 0. The molecule has 0 aromatic carbocycles. The first-order valence-electron chi connectivity index (χ1n) is 4.23. The van der Waals surface area contributed by atoms with E-state index >= 15 is 0 Å². The van der Waals surface area contributed by atoms with E-state index in [1.165, 1.54) is 0 Å². The number of rotatable bonds is 4. The van der Waals surface area contributed by atoms with E-state index in [2.05, 4.69) is 28.1 Å². The van der Waals surface area contributed by atoms with E-state index in [0.29, 0.717) is 5.92 Å². The Hall–Kier alpha value is -0.110. The van der Waals surface area contributed by atoms with Gasteiger partial charge in [0.05, 0.1) is 34.4 Å². The lowest BCUT2D eigenvalue weighted by Crippen LogP contribution is -2.40. The summed E-state index contributed by atoms with van der Waals surface area (Å²) in [6.45, 7) is 4.94. The Bertz CT molecular complexity index is 107. The summed E-state index contributed by atoms with van der Waals surface area (Å²) in [6.07, 6.45) is 0. The molecule has 68 valence electrons. The van der Waals surface area contributed by atoms with E-state index in [1.807, 2.05) is 6.92 Å². The molecule has 0 heterocycles. The highest BCUT2D eigenvalue weighted by Gasteiger charge is 2.19. The molecule has 0 aromatic heterocycles. The molecule has 0 aliphatic carbocycles. The van der Waals surface area contributed by atoms with E-state index < -0.39 is 0 Å². The third-order valence-corrected chi connectivity index (χ3v) is 2.05. The van der Waals surface area contributed by atoms with Crippen molar-refractivity contribution in [2.75, 3.05) is 34.4 Å². The highest BCUT2D eigenvalue weighted by Crippen LogP contribution is 2.13. The molecule has 0 aliphatic rings. The Balaban J connectivity index is 3.77. The van der Waals surface area contributed by atoms with Crippen LogP contribution in [0.3, 0.4) is 0 Å². The van der Waals surface area contributed by atoms with Gasteiger partial charge in [-0.3, -0.25) is 4.39 Å². The van der Waals surface area contributed by atoms with Crippen molar-refractivity contribution < 1.29 is 8.87 Å². The minimum absolute atomic E-state index is 0.193. The van der Waals surface area contributed by atoms with Crippen molar-refractivity contribution in [1.29, 1.82) is 0 Å². The molecule has 0 aromatic rings. The molecular formula is C9H21FN+. The zero-order valence-corrected chi connectivity index (χ0v) is 8.39. The van der Waals surface area contributed by atoms with Crippen molar-refractivity contribution in [3.05, 3.63) is 0 Å². The van der Waals surface area contributed by atoms with E-state index in [4.69, 9.17) is 0 Å². The van der Waals surface area contributed by atoms with E-state index in [0.717, 1.165) is 11.0 Å².